The molecule has 0 aliphatic carbocycles. The van der Waals surface area contributed by atoms with Crippen molar-refractivity contribution >= 4 is 29.4 Å². The van der Waals surface area contributed by atoms with Gasteiger partial charge in [-0.1, -0.05) is 24.3 Å². The summed E-state index contributed by atoms with van der Waals surface area (Å²) in [6.45, 7) is 0.830. The average molecular weight is 515 g/mol. The van der Waals surface area contributed by atoms with Crippen LogP contribution in [-0.4, -0.2) is 39.8 Å². The Labute approximate surface area is 218 Å². The quantitative estimate of drug-likeness (QED) is 0.358. The van der Waals surface area contributed by atoms with Crippen LogP contribution >= 0.6 is 0 Å². The molecular formula is C28H26N4O6. The molecule has 5 rings (SSSR count). The molecule has 0 bridgehead atoms. The molecule has 1 fully saturated rings. The largest absolute Gasteiger partial charge is 0.508 e. The number of carbonyl (C=O) groups is 4. The third kappa shape index (κ3) is 5.59. The van der Waals surface area contributed by atoms with Gasteiger partial charge in [-0.3, -0.25) is 19.7 Å². The lowest BCUT2D eigenvalue weighted by Crippen LogP contribution is -2.52. The van der Waals surface area contributed by atoms with Crippen LogP contribution in [0.1, 0.15) is 39.9 Å². The fourth-order valence-corrected chi connectivity index (χ4v) is 4.54. The van der Waals surface area contributed by atoms with Crippen molar-refractivity contribution in [1.82, 2.24) is 15.5 Å². The third-order valence-electron chi connectivity index (χ3n) is 6.47. The fraction of sp³-hybridized carbons (Fsp3) is 0.214. The number of piperidine rings is 1. The van der Waals surface area contributed by atoms with Crippen molar-refractivity contribution in [2.24, 2.45) is 0 Å². The van der Waals surface area contributed by atoms with Crippen LogP contribution in [0.5, 0.6) is 11.5 Å². The van der Waals surface area contributed by atoms with Gasteiger partial charge in [0.2, 0.25) is 11.8 Å². The molecule has 0 spiro atoms. The monoisotopic (exact) mass is 514 g/mol. The van der Waals surface area contributed by atoms with Crippen LogP contribution in [0.2, 0.25) is 0 Å². The molecule has 3 aromatic carbocycles. The van der Waals surface area contributed by atoms with E-state index >= 15 is 0 Å². The Balaban J connectivity index is 1.12. The van der Waals surface area contributed by atoms with Gasteiger partial charge in [-0.15, -0.1) is 0 Å². The van der Waals surface area contributed by atoms with Gasteiger partial charge in [0, 0.05) is 30.8 Å². The van der Waals surface area contributed by atoms with E-state index in [2.05, 4.69) is 16.0 Å². The number of imide groups is 1. The van der Waals surface area contributed by atoms with E-state index in [0.717, 1.165) is 16.7 Å². The number of anilines is 1. The number of hydrogen-bond acceptors (Lipinski definition) is 6. The van der Waals surface area contributed by atoms with Gasteiger partial charge in [-0.05, 0) is 65.6 Å². The molecule has 38 heavy (non-hydrogen) atoms. The number of phenolic OH excluding ortho intramolecular Hbond substituents is 1. The highest BCUT2D eigenvalue weighted by atomic mass is 16.5. The lowest BCUT2D eigenvalue weighted by atomic mass is 10.0. The molecule has 1 unspecified atom stereocenters. The molecule has 10 heteroatoms. The first-order chi connectivity index (χ1) is 18.4. The molecule has 2 aliphatic heterocycles. The van der Waals surface area contributed by atoms with E-state index in [0.29, 0.717) is 30.0 Å². The number of fused-ring (bicyclic) bond motifs is 1. The predicted molar refractivity (Wildman–Crippen MR) is 137 cm³/mol. The van der Waals surface area contributed by atoms with Gasteiger partial charge < -0.3 is 25.4 Å². The second-order valence-corrected chi connectivity index (χ2v) is 9.18. The lowest BCUT2D eigenvalue weighted by Gasteiger charge is -2.29. The molecule has 4 N–H and O–H groups in total. The van der Waals surface area contributed by atoms with Gasteiger partial charge in [0.25, 0.3) is 5.91 Å². The molecule has 3 aromatic rings. The summed E-state index contributed by atoms with van der Waals surface area (Å²) in [5, 5.41) is 17.4. The summed E-state index contributed by atoms with van der Waals surface area (Å²) >= 11 is 0. The summed E-state index contributed by atoms with van der Waals surface area (Å²) in [5.41, 5.74) is 3.54. The molecule has 10 nitrogen and oxygen atoms in total. The minimum absolute atomic E-state index is 0.180. The molecule has 0 radical (unpaired) electrons. The average Bonchev–Trinajstić information content (AvgIpc) is 3.22. The summed E-state index contributed by atoms with van der Waals surface area (Å²) in [5.74, 6) is -0.202. The smallest absolute Gasteiger partial charge is 0.319 e. The van der Waals surface area contributed by atoms with Crippen molar-refractivity contribution in [3.63, 3.8) is 0 Å². The predicted octanol–water partition coefficient (Wildman–Crippen LogP) is 3.05. The molecule has 0 saturated carbocycles. The minimum Gasteiger partial charge on any atom is -0.508 e. The molecular weight excluding hydrogens is 488 g/mol. The van der Waals surface area contributed by atoms with Crippen LogP contribution in [0.4, 0.5) is 10.5 Å². The van der Waals surface area contributed by atoms with Gasteiger partial charge in [0.1, 0.15) is 24.1 Å². The standard InChI is InChI=1S/C28H26N4O6/c33-21-3-1-2-18(13-21)16-38-22-7-5-20(6-8-22)30-28(37)29-14-17-4-9-23-19(12-17)15-32(27(23)36)24-10-11-25(34)31-26(24)35/h1-9,12-13,24,33H,10-11,14-16H2,(H2,29,30,37)(H,31,34,35). The number of amides is 5. The van der Waals surface area contributed by atoms with E-state index < -0.39 is 11.9 Å². The highest BCUT2D eigenvalue weighted by molar-refractivity contribution is 6.05. The van der Waals surface area contributed by atoms with Crippen LogP contribution in [0, 0.1) is 0 Å². The van der Waals surface area contributed by atoms with Gasteiger partial charge in [-0.2, -0.15) is 0 Å². The van der Waals surface area contributed by atoms with Crippen LogP contribution in [0.25, 0.3) is 0 Å². The van der Waals surface area contributed by atoms with E-state index in [4.69, 9.17) is 4.74 Å². The minimum atomic E-state index is -0.663. The van der Waals surface area contributed by atoms with Gasteiger partial charge >= 0.3 is 6.03 Å². The van der Waals surface area contributed by atoms with Crippen molar-refractivity contribution in [3.8, 4) is 11.5 Å². The Morgan fingerprint density at radius 1 is 1.03 bits per heavy atom. The zero-order valence-corrected chi connectivity index (χ0v) is 20.4. The Morgan fingerprint density at radius 3 is 2.61 bits per heavy atom. The van der Waals surface area contributed by atoms with Crippen LogP contribution in [-0.2, 0) is 29.3 Å². The van der Waals surface area contributed by atoms with Crippen molar-refractivity contribution < 1.29 is 29.0 Å². The highest BCUT2D eigenvalue weighted by Crippen LogP contribution is 2.28. The summed E-state index contributed by atoms with van der Waals surface area (Å²) in [6.07, 6.45) is 0.513. The normalized spacial score (nSPS) is 16.6. The zero-order valence-electron chi connectivity index (χ0n) is 20.4. The second kappa shape index (κ2) is 10.6. The zero-order chi connectivity index (χ0) is 26.6. The number of phenols is 1. The first-order valence-corrected chi connectivity index (χ1v) is 12.2. The molecule has 0 aromatic heterocycles. The molecule has 1 atom stereocenters. The highest BCUT2D eigenvalue weighted by Gasteiger charge is 2.39. The molecule has 2 heterocycles. The maximum absolute atomic E-state index is 12.8. The fourth-order valence-electron chi connectivity index (χ4n) is 4.54. The number of aromatic hydroxyl groups is 1. The van der Waals surface area contributed by atoms with E-state index in [1.54, 1.807) is 54.6 Å². The third-order valence-corrected chi connectivity index (χ3v) is 6.47. The Hall–Kier alpha value is -4.86. The summed E-state index contributed by atoms with van der Waals surface area (Å²) in [7, 11) is 0. The van der Waals surface area contributed by atoms with Crippen LogP contribution in [0.15, 0.2) is 66.7 Å². The van der Waals surface area contributed by atoms with Crippen LogP contribution < -0.4 is 20.7 Å². The summed E-state index contributed by atoms with van der Waals surface area (Å²) in [6, 6.07) is 18.0. The number of benzene rings is 3. The number of ether oxygens (including phenoxy) is 1. The van der Waals surface area contributed by atoms with Gasteiger partial charge in [0.05, 0.1) is 0 Å². The van der Waals surface area contributed by atoms with Crippen LogP contribution in [0.3, 0.4) is 0 Å². The number of nitrogens with one attached hydrogen (secondary N) is 3. The number of nitrogens with zero attached hydrogens (tertiary/aromatic N) is 1. The Kier molecular flexibility index (Phi) is 6.94. The van der Waals surface area contributed by atoms with Crippen molar-refractivity contribution in [3.05, 3.63) is 89.0 Å². The summed E-state index contributed by atoms with van der Waals surface area (Å²) < 4.78 is 5.71. The van der Waals surface area contributed by atoms with Gasteiger partial charge in [-0.25, -0.2) is 4.79 Å². The molecule has 5 amide bonds. The van der Waals surface area contributed by atoms with Crippen molar-refractivity contribution in [2.75, 3.05) is 5.32 Å². The molecule has 2 aliphatic rings. The van der Waals surface area contributed by atoms with E-state index in [1.807, 2.05) is 12.1 Å². The molecule has 194 valence electrons. The summed E-state index contributed by atoms with van der Waals surface area (Å²) in [4.78, 5) is 50.4. The SMILES string of the molecule is O=C1CCC(N2Cc3cc(CNC(=O)Nc4ccc(OCc5cccc(O)c5)cc4)ccc3C2=O)C(=O)N1. The maximum atomic E-state index is 12.8. The van der Waals surface area contributed by atoms with Gasteiger partial charge in [0.15, 0.2) is 0 Å². The van der Waals surface area contributed by atoms with E-state index in [1.165, 1.54) is 4.90 Å². The first kappa shape index (κ1) is 24.8. The van der Waals surface area contributed by atoms with Crippen molar-refractivity contribution in [2.45, 2.75) is 38.6 Å². The van der Waals surface area contributed by atoms with E-state index in [9.17, 15) is 24.3 Å². The van der Waals surface area contributed by atoms with Crippen molar-refractivity contribution in [1.29, 1.82) is 0 Å². The second-order valence-electron chi connectivity index (χ2n) is 9.18. The first-order valence-electron chi connectivity index (χ1n) is 12.2. The number of rotatable bonds is 7. The topological polar surface area (TPSA) is 137 Å². The number of hydrogen-bond donors (Lipinski definition) is 4. The van der Waals surface area contributed by atoms with E-state index in [-0.39, 0.29) is 43.1 Å². The lowest BCUT2D eigenvalue weighted by molar-refractivity contribution is -0.136. The number of carbonyl (C=O) groups excluding carboxylic acids is 4. The maximum Gasteiger partial charge on any atom is 0.319 e. The Bertz CT molecular complexity index is 1400. The Morgan fingerprint density at radius 2 is 1.84 bits per heavy atom. The molecule has 1 saturated heterocycles. The number of urea groups is 1.